The molecule has 0 saturated carbocycles. The normalized spacial score (nSPS) is 16.9. The first kappa shape index (κ1) is 19.4. The molecular weight excluding hydrogens is 342 g/mol. The minimum absolute atomic E-state index is 0.0450. The molecule has 2 aromatic rings. The lowest BCUT2D eigenvalue weighted by Gasteiger charge is -2.29. The lowest BCUT2D eigenvalue weighted by Crippen LogP contribution is -2.40. The molecule has 6 heteroatoms. The fraction of sp³-hybridized carbons (Fsp3) is 0.524. The van der Waals surface area contributed by atoms with E-state index in [2.05, 4.69) is 12.0 Å². The van der Waals surface area contributed by atoms with Crippen molar-refractivity contribution in [1.82, 2.24) is 14.7 Å². The number of methoxy groups -OCH3 is 1. The molecule has 0 aliphatic carbocycles. The number of ether oxygens (including phenoxy) is 2. The van der Waals surface area contributed by atoms with Crippen molar-refractivity contribution in [3.05, 3.63) is 41.7 Å². The molecule has 6 nitrogen and oxygen atoms in total. The van der Waals surface area contributed by atoms with Gasteiger partial charge in [-0.15, -0.1) is 0 Å². The van der Waals surface area contributed by atoms with Crippen LogP contribution in [-0.4, -0.2) is 53.5 Å². The lowest BCUT2D eigenvalue weighted by molar-refractivity contribution is -0.00396. The van der Waals surface area contributed by atoms with Gasteiger partial charge in [0.25, 0.3) is 5.91 Å². The third-order valence-electron chi connectivity index (χ3n) is 4.87. The van der Waals surface area contributed by atoms with Gasteiger partial charge in [0.05, 0.1) is 13.2 Å². The molecule has 0 bridgehead atoms. The number of aromatic nitrogens is 2. The largest absolute Gasteiger partial charge is 0.494 e. The summed E-state index contributed by atoms with van der Waals surface area (Å²) in [5.41, 5.74) is 2.38. The van der Waals surface area contributed by atoms with Crippen molar-refractivity contribution in [3.63, 3.8) is 0 Å². The molecule has 146 valence electrons. The molecule has 1 unspecified atom stereocenters. The molecule has 3 rings (SSSR count). The first-order chi connectivity index (χ1) is 13.1. The van der Waals surface area contributed by atoms with Crippen LogP contribution in [0.25, 0.3) is 5.69 Å². The minimum atomic E-state index is -0.0450. The Kier molecular flexibility index (Phi) is 6.50. The molecular formula is C21H29N3O3. The Morgan fingerprint density at radius 1 is 1.37 bits per heavy atom. The molecule has 1 aromatic carbocycles. The number of aryl methyl sites for hydroxylation is 1. The van der Waals surface area contributed by atoms with Crippen LogP contribution in [0.3, 0.4) is 0 Å². The van der Waals surface area contributed by atoms with E-state index in [1.165, 1.54) is 6.42 Å². The standard InChI is InChI=1S/C21H29N3O3/c1-4-11-23(15-17-7-5-6-13-27-17)21(25)18-10-12-24(22-18)19-14-16(2)8-9-20(19)26-3/h8-10,12,14,17H,4-7,11,13,15H2,1-3H3. The number of carbonyl (C=O) groups excluding carboxylic acids is 1. The summed E-state index contributed by atoms with van der Waals surface area (Å²) in [5.74, 6) is 0.681. The SMILES string of the molecule is CCCN(CC1CCCCO1)C(=O)c1ccn(-c2cc(C)ccc2OC)n1. The Morgan fingerprint density at radius 3 is 2.93 bits per heavy atom. The highest BCUT2D eigenvalue weighted by molar-refractivity contribution is 5.92. The summed E-state index contributed by atoms with van der Waals surface area (Å²) < 4.78 is 13.0. The summed E-state index contributed by atoms with van der Waals surface area (Å²) in [5, 5.41) is 4.53. The van der Waals surface area contributed by atoms with Crippen molar-refractivity contribution >= 4 is 5.91 Å². The van der Waals surface area contributed by atoms with Crippen molar-refractivity contribution in [2.75, 3.05) is 26.8 Å². The minimum Gasteiger partial charge on any atom is -0.494 e. The van der Waals surface area contributed by atoms with Gasteiger partial charge in [0.1, 0.15) is 11.4 Å². The van der Waals surface area contributed by atoms with E-state index in [4.69, 9.17) is 9.47 Å². The van der Waals surface area contributed by atoms with Crippen LogP contribution in [0, 0.1) is 6.92 Å². The third-order valence-corrected chi connectivity index (χ3v) is 4.87. The first-order valence-electron chi connectivity index (χ1n) is 9.74. The molecule has 1 atom stereocenters. The number of rotatable bonds is 7. The zero-order valence-electron chi connectivity index (χ0n) is 16.5. The third kappa shape index (κ3) is 4.69. The zero-order valence-corrected chi connectivity index (χ0v) is 16.5. The molecule has 1 aliphatic rings. The fourth-order valence-corrected chi connectivity index (χ4v) is 3.46. The van der Waals surface area contributed by atoms with Crippen LogP contribution >= 0.6 is 0 Å². The van der Waals surface area contributed by atoms with E-state index in [1.807, 2.05) is 36.2 Å². The van der Waals surface area contributed by atoms with Crippen LogP contribution in [0.4, 0.5) is 0 Å². The Morgan fingerprint density at radius 2 is 2.22 bits per heavy atom. The maximum absolute atomic E-state index is 13.0. The van der Waals surface area contributed by atoms with Crippen LogP contribution in [0.2, 0.25) is 0 Å². The van der Waals surface area contributed by atoms with Crippen LogP contribution < -0.4 is 4.74 Å². The summed E-state index contributed by atoms with van der Waals surface area (Å²) in [6, 6.07) is 7.68. The highest BCUT2D eigenvalue weighted by atomic mass is 16.5. The molecule has 0 N–H and O–H groups in total. The maximum atomic E-state index is 13.0. The molecule has 2 heterocycles. The second-order valence-electron chi connectivity index (χ2n) is 7.06. The highest BCUT2D eigenvalue weighted by Gasteiger charge is 2.23. The van der Waals surface area contributed by atoms with Crippen molar-refractivity contribution in [1.29, 1.82) is 0 Å². The van der Waals surface area contributed by atoms with Gasteiger partial charge in [-0.2, -0.15) is 5.10 Å². The summed E-state index contributed by atoms with van der Waals surface area (Å²) in [6.45, 7) is 6.23. The number of amides is 1. The predicted molar refractivity (Wildman–Crippen MR) is 105 cm³/mol. The monoisotopic (exact) mass is 371 g/mol. The molecule has 27 heavy (non-hydrogen) atoms. The summed E-state index contributed by atoms with van der Waals surface area (Å²) in [4.78, 5) is 14.9. The Bertz CT molecular complexity index is 766. The number of hydrogen-bond donors (Lipinski definition) is 0. The highest BCUT2D eigenvalue weighted by Crippen LogP contribution is 2.24. The first-order valence-corrected chi connectivity index (χ1v) is 9.74. The second-order valence-corrected chi connectivity index (χ2v) is 7.06. The van der Waals surface area contributed by atoms with Crippen molar-refractivity contribution < 1.29 is 14.3 Å². The average Bonchev–Trinajstić information content (AvgIpc) is 3.18. The van der Waals surface area contributed by atoms with Crippen LogP contribution in [-0.2, 0) is 4.74 Å². The summed E-state index contributed by atoms with van der Waals surface area (Å²) >= 11 is 0. The van der Waals surface area contributed by atoms with Crippen molar-refractivity contribution in [2.24, 2.45) is 0 Å². The van der Waals surface area contributed by atoms with Crippen LogP contribution in [0.5, 0.6) is 5.75 Å². The van der Waals surface area contributed by atoms with E-state index in [-0.39, 0.29) is 12.0 Å². The van der Waals surface area contributed by atoms with Crippen molar-refractivity contribution in [3.8, 4) is 11.4 Å². The van der Waals surface area contributed by atoms with Gasteiger partial charge >= 0.3 is 0 Å². The van der Waals surface area contributed by atoms with Gasteiger partial charge in [0.15, 0.2) is 5.69 Å². The van der Waals surface area contributed by atoms with Gasteiger partial charge in [-0.25, -0.2) is 4.68 Å². The topological polar surface area (TPSA) is 56.6 Å². The fourth-order valence-electron chi connectivity index (χ4n) is 3.46. The van der Waals surface area contributed by atoms with Gasteiger partial charge in [0.2, 0.25) is 0 Å². The van der Waals surface area contributed by atoms with Gasteiger partial charge in [-0.3, -0.25) is 4.79 Å². The van der Waals surface area contributed by atoms with Gasteiger partial charge < -0.3 is 14.4 Å². The van der Waals surface area contributed by atoms with E-state index in [1.54, 1.807) is 17.9 Å². The quantitative estimate of drug-likeness (QED) is 0.746. The molecule has 1 amide bonds. The zero-order chi connectivity index (χ0) is 19.2. The number of carbonyl (C=O) groups is 1. The summed E-state index contributed by atoms with van der Waals surface area (Å²) in [7, 11) is 1.64. The molecule has 1 fully saturated rings. The smallest absolute Gasteiger partial charge is 0.274 e. The van der Waals surface area contributed by atoms with E-state index in [9.17, 15) is 4.79 Å². The van der Waals surface area contributed by atoms with Gasteiger partial charge in [0, 0.05) is 25.9 Å². The predicted octanol–water partition coefficient (Wildman–Crippen LogP) is 3.61. The van der Waals surface area contributed by atoms with Gasteiger partial charge in [-0.1, -0.05) is 13.0 Å². The van der Waals surface area contributed by atoms with E-state index in [0.29, 0.717) is 18.8 Å². The second kappa shape index (κ2) is 9.04. The Hall–Kier alpha value is -2.34. The lowest BCUT2D eigenvalue weighted by atomic mass is 10.1. The molecule has 0 radical (unpaired) electrons. The summed E-state index contributed by atoms with van der Waals surface area (Å²) in [6.07, 6.45) is 6.15. The van der Waals surface area contributed by atoms with Crippen LogP contribution in [0.1, 0.15) is 48.7 Å². The molecule has 1 saturated heterocycles. The number of hydrogen-bond acceptors (Lipinski definition) is 4. The molecule has 1 aliphatic heterocycles. The Labute approximate surface area is 161 Å². The van der Waals surface area contributed by atoms with E-state index in [0.717, 1.165) is 42.9 Å². The molecule has 0 spiro atoms. The maximum Gasteiger partial charge on any atom is 0.274 e. The molecule has 1 aromatic heterocycles. The van der Waals surface area contributed by atoms with E-state index < -0.39 is 0 Å². The van der Waals surface area contributed by atoms with Gasteiger partial charge in [-0.05, 0) is 56.4 Å². The number of nitrogens with zero attached hydrogens (tertiary/aromatic N) is 3. The Balaban J connectivity index is 1.79. The van der Waals surface area contributed by atoms with Crippen LogP contribution in [0.15, 0.2) is 30.5 Å². The van der Waals surface area contributed by atoms with Crippen molar-refractivity contribution in [2.45, 2.75) is 45.6 Å². The van der Waals surface area contributed by atoms with E-state index >= 15 is 0 Å². The average molecular weight is 371 g/mol. The number of benzene rings is 1.